The van der Waals surface area contributed by atoms with E-state index in [0.717, 1.165) is 11.1 Å². The predicted octanol–water partition coefficient (Wildman–Crippen LogP) is 3.75. The topological polar surface area (TPSA) is 53.8 Å². The minimum Gasteiger partial charge on any atom is -0.472 e. The van der Waals surface area contributed by atoms with E-state index in [4.69, 9.17) is 16.0 Å². The molecule has 0 radical (unpaired) electrons. The third-order valence-electron chi connectivity index (χ3n) is 5.37. The molecule has 2 aliphatic heterocycles. The molecular weight excluding hydrogens is 364 g/mol. The van der Waals surface area contributed by atoms with Crippen molar-refractivity contribution in [3.63, 3.8) is 0 Å². The largest absolute Gasteiger partial charge is 0.472 e. The van der Waals surface area contributed by atoms with Crippen LogP contribution in [0.1, 0.15) is 31.8 Å². The number of carbonyl (C=O) groups excluding carboxylic acids is 2. The zero-order chi connectivity index (χ0) is 18.6. The smallest absolute Gasteiger partial charge is 0.259 e. The normalized spacial score (nSPS) is 20.7. The molecule has 1 unspecified atom stereocenters. The quantitative estimate of drug-likeness (QED) is 0.682. The number of amides is 2. The zero-order valence-corrected chi connectivity index (χ0v) is 15.0. The summed E-state index contributed by atoms with van der Waals surface area (Å²) in [5, 5.41) is 0.602. The van der Waals surface area contributed by atoms with Gasteiger partial charge in [0.15, 0.2) is 5.66 Å². The van der Waals surface area contributed by atoms with Crippen LogP contribution in [0.15, 0.2) is 71.5 Å². The first kappa shape index (κ1) is 16.1. The zero-order valence-electron chi connectivity index (χ0n) is 14.3. The molecule has 6 heteroatoms. The minimum atomic E-state index is -0.980. The van der Waals surface area contributed by atoms with Crippen molar-refractivity contribution in [1.82, 2.24) is 9.80 Å². The molecule has 2 amide bonds. The molecule has 3 aromatic rings. The third-order valence-corrected chi connectivity index (χ3v) is 5.62. The molecule has 1 atom stereocenters. The maximum absolute atomic E-state index is 13.3. The highest BCUT2D eigenvalue weighted by Crippen LogP contribution is 2.50. The average molecular weight is 379 g/mol. The SMILES string of the molecule is O=C(c1ccoc1)N1CCN2C(=O)c3ccccc3C12c1ccc(Cl)cc1. The summed E-state index contributed by atoms with van der Waals surface area (Å²) in [5.41, 5.74) is 1.75. The Morgan fingerprint density at radius 3 is 2.56 bits per heavy atom. The van der Waals surface area contributed by atoms with Crippen molar-refractivity contribution in [2.45, 2.75) is 5.66 Å². The van der Waals surface area contributed by atoms with E-state index < -0.39 is 5.66 Å². The van der Waals surface area contributed by atoms with Crippen molar-refractivity contribution < 1.29 is 14.0 Å². The maximum Gasteiger partial charge on any atom is 0.259 e. The second-order valence-corrected chi connectivity index (χ2v) is 7.09. The Hall–Kier alpha value is -3.05. The first-order valence-corrected chi connectivity index (χ1v) is 9.03. The van der Waals surface area contributed by atoms with Crippen LogP contribution in [-0.2, 0) is 5.66 Å². The van der Waals surface area contributed by atoms with Gasteiger partial charge in [0.2, 0.25) is 0 Å². The summed E-state index contributed by atoms with van der Waals surface area (Å²) in [7, 11) is 0. The number of carbonyl (C=O) groups is 2. The van der Waals surface area contributed by atoms with Gasteiger partial charge < -0.3 is 14.2 Å². The Morgan fingerprint density at radius 2 is 1.81 bits per heavy atom. The van der Waals surface area contributed by atoms with Crippen LogP contribution in [0, 0.1) is 0 Å². The van der Waals surface area contributed by atoms with Gasteiger partial charge in [-0.05, 0) is 24.3 Å². The van der Waals surface area contributed by atoms with Crippen molar-refractivity contribution in [1.29, 1.82) is 0 Å². The number of hydrogen-bond donors (Lipinski definition) is 0. The molecule has 1 fully saturated rings. The second-order valence-electron chi connectivity index (χ2n) is 6.65. The van der Waals surface area contributed by atoms with Crippen molar-refractivity contribution in [2.75, 3.05) is 13.1 Å². The predicted molar refractivity (Wildman–Crippen MR) is 99.5 cm³/mol. The lowest BCUT2D eigenvalue weighted by molar-refractivity contribution is 0.0375. The average Bonchev–Trinajstić information content (AvgIpc) is 3.40. The van der Waals surface area contributed by atoms with E-state index in [1.165, 1.54) is 12.5 Å². The van der Waals surface area contributed by atoms with Gasteiger partial charge in [-0.2, -0.15) is 0 Å². The van der Waals surface area contributed by atoms with E-state index in [2.05, 4.69) is 0 Å². The number of nitrogens with zero attached hydrogens (tertiary/aromatic N) is 2. The van der Waals surface area contributed by atoms with E-state index in [-0.39, 0.29) is 11.8 Å². The van der Waals surface area contributed by atoms with E-state index >= 15 is 0 Å². The first-order chi connectivity index (χ1) is 13.1. The van der Waals surface area contributed by atoms with Gasteiger partial charge in [0.1, 0.15) is 6.26 Å². The molecule has 1 saturated heterocycles. The van der Waals surface area contributed by atoms with E-state index in [0.29, 0.717) is 29.2 Å². The lowest BCUT2D eigenvalue weighted by Gasteiger charge is -2.40. The number of rotatable bonds is 2. The Bertz CT molecular complexity index is 1050. The highest BCUT2D eigenvalue weighted by atomic mass is 35.5. The summed E-state index contributed by atoms with van der Waals surface area (Å²) in [5.74, 6) is -0.242. The molecule has 0 saturated carbocycles. The van der Waals surface area contributed by atoms with Crippen LogP contribution in [-0.4, -0.2) is 34.7 Å². The van der Waals surface area contributed by atoms with Crippen molar-refractivity contribution in [3.05, 3.63) is 94.4 Å². The Balaban J connectivity index is 1.78. The highest BCUT2D eigenvalue weighted by molar-refractivity contribution is 6.30. The van der Waals surface area contributed by atoms with E-state index in [9.17, 15) is 9.59 Å². The number of hydrogen-bond acceptors (Lipinski definition) is 3. The Kier molecular flexibility index (Phi) is 3.42. The van der Waals surface area contributed by atoms with Gasteiger partial charge in [0.05, 0.1) is 11.8 Å². The number of halogens is 1. The summed E-state index contributed by atoms with van der Waals surface area (Å²) in [6.07, 6.45) is 2.91. The first-order valence-electron chi connectivity index (χ1n) is 8.65. The summed E-state index contributed by atoms with van der Waals surface area (Å²) in [4.78, 5) is 30.0. The number of benzene rings is 2. The molecule has 0 N–H and O–H groups in total. The molecule has 2 aliphatic rings. The van der Waals surface area contributed by atoms with Gasteiger partial charge in [-0.15, -0.1) is 0 Å². The maximum atomic E-state index is 13.3. The lowest BCUT2D eigenvalue weighted by Crippen LogP contribution is -2.51. The van der Waals surface area contributed by atoms with Crippen molar-refractivity contribution in [2.24, 2.45) is 0 Å². The van der Waals surface area contributed by atoms with Crippen LogP contribution in [0.3, 0.4) is 0 Å². The van der Waals surface area contributed by atoms with E-state index in [1.807, 2.05) is 36.4 Å². The minimum absolute atomic E-state index is 0.0666. The summed E-state index contributed by atoms with van der Waals surface area (Å²) in [6.45, 7) is 0.895. The molecule has 27 heavy (non-hydrogen) atoms. The molecule has 0 aliphatic carbocycles. The molecule has 1 aromatic heterocycles. The highest BCUT2D eigenvalue weighted by Gasteiger charge is 2.59. The van der Waals surface area contributed by atoms with Crippen molar-refractivity contribution in [3.8, 4) is 0 Å². The second kappa shape index (κ2) is 5.72. The van der Waals surface area contributed by atoms with Crippen molar-refractivity contribution >= 4 is 23.4 Å². The van der Waals surface area contributed by atoms with E-state index in [1.54, 1.807) is 28.0 Å². The fourth-order valence-corrected chi connectivity index (χ4v) is 4.39. The van der Waals surface area contributed by atoms with Gasteiger partial charge in [-0.25, -0.2) is 0 Å². The van der Waals surface area contributed by atoms with Crippen LogP contribution >= 0.6 is 11.6 Å². The Labute approximate surface area is 160 Å². The number of fused-ring (bicyclic) bond motifs is 3. The fraction of sp³-hybridized carbons (Fsp3) is 0.143. The fourth-order valence-electron chi connectivity index (χ4n) is 4.27. The molecule has 5 rings (SSSR count). The van der Waals surface area contributed by atoms with Gasteiger partial charge in [-0.1, -0.05) is 41.9 Å². The molecule has 0 bridgehead atoms. The standard InChI is InChI=1S/C21H15ClN2O3/c22-16-7-5-15(6-8-16)21-18-4-2-1-3-17(18)20(26)24(21)11-10-23(21)19(25)14-9-12-27-13-14/h1-9,12-13H,10-11H2. The summed E-state index contributed by atoms with van der Waals surface area (Å²) < 4.78 is 5.11. The monoisotopic (exact) mass is 378 g/mol. The molecule has 2 aromatic carbocycles. The number of furan rings is 1. The summed E-state index contributed by atoms with van der Waals surface area (Å²) >= 11 is 6.09. The van der Waals surface area contributed by atoms with Crippen LogP contribution in [0.5, 0.6) is 0 Å². The van der Waals surface area contributed by atoms with Gasteiger partial charge in [-0.3, -0.25) is 9.59 Å². The van der Waals surface area contributed by atoms with Crippen LogP contribution in [0.25, 0.3) is 0 Å². The molecule has 5 nitrogen and oxygen atoms in total. The van der Waals surface area contributed by atoms with Gasteiger partial charge >= 0.3 is 0 Å². The molecule has 134 valence electrons. The van der Waals surface area contributed by atoms with Crippen LogP contribution in [0.2, 0.25) is 5.02 Å². The molecule has 0 spiro atoms. The Morgan fingerprint density at radius 1 is 1.04 bits per heavy atom. The summed E-state index contributed by atoms with van der Waals surface area (Å²) in [6, 6.07) is 16.4. The lowest BCUT2D eigenvalue weighted by atomic mass is 9.89. The van der Waals surface area contributed by atoms with Crippen LogP contribution < -0.4 is 0 Å². The van der Waals surface area contributed by atoms with Crippen LogP contribution in [0.4, 0.5) is 0 Å². The molecule has 3 heterocycles. The van der Waals surface area contributed by atoms with Gasteiger partial charge in [0, 0.05) is 34.8 Å². The molecular formula is C21H15ClN2O3. The third kappa shape index (κ3) is 2.06. The van der Waals surface area contributed by atoms with Gasteiger partial charge in [0.25, 0.3) is 11.8 Å².